The lowest BCUT2D eigenvalue weighted by Crippen LogP contribution is -2.38. The fourth-order valence-electron chi connectivity index (χ4n) is 2.79. The third-order valence-electron chi connectivity index (χ3n) is 4.21. The Morgan fingerprint density at radius 2 is 1.96 bits per heavy atom. The molecule has 130 valence electrons. The zero-order valence-corrected chi connectivity index (χ0v) is 14.3. The summed E-state index contributed by atoms with van der Waals surface area (Å²) in [6, 6.07) is 13.9. The number of carbonyl (C=O) groups is 1. The molecule has 3 aromatic rings. The van der Waals surface area contributed by atoms with E-state index < -0.39 is 0 Å². The molecule has 0 bridgehead atoms. The summed E-state index contributed by atoms with van der Waals surface area (Å²) in [5.41, 5.74) is 1.48. The van der Waals surface area contributed by atoms with Gasteiger partial charge < -0.3 is 15.0 Å². The number of aromatic nitrogens is 1. The molecule has 1 aromatic heterocycles. The Hall–Kier alpha value is -2.82. The molecule has 1 amide bonds. The Morgan fingerprint density at radius 3 is 2.72 bits per heavy atom. The summed E-state index contributed by atoms with van der Waals surface area (Å²) in [7, 11) is 0. The number of rotatable bonds is 6. The lowest BCUT2D eigenvalue weighted by Gasteiger charge is -2.25. The number of para-hydroxylation sites is 1. The van der Waals surface area contributed by atoms with E-state index in [1.165, 1.54) is 12.1 Å². The minimum absolute atomic E-state index is 0.0286. The number of H-pyrrole nitrogens is 1. The van der Waals surface area contributed by atoms with E-state index in [9.17, 15) is 9.18 Å². The van der Waals surface area contributed by atoms with Crippen LogP contribution in [0.5, 0.6) is 5.75 Å². The van der Waals surface area contributed by atoms with Crippen LogP contribution in [-0.2, 0) is 10.2 Å². The number of aromatic amines is 1. The maximum absolute atomic E-state index is 13.3. The van der Waals surface area contributed by atoms with Crippen molar-refractivity contribution in [2.45, 2.75) is 19.3 Å². The van der Waals surface area contributed by atoms with Gasteiger partial charge in [0.05, 0.1) is 0 Å². The van der Waals surface area contributed by atoms with Crippen molar-refractivity contribution >= 4 is 16.8 Å². The van der Waals surface area contributed by atoms with Gasteiger partial charge in [-0.05, 0) is 35.9 Å². The lowest BCUT2D eigenvalue weighted by molar-refractivity contribution is -0.123. The fraction of sp³-hybridized carbons (Fsp3) is 0.250. The van der Waals surface area contributed by atoms with Gasteiger partial charge in [0.1, 0.15) is 11.6 Å². The van der Waals surface area contributed by atoms with Crippen LogP contribution in [0, 0.1) is 5.82 Å². The van der Waals surface area contributed by atoms with Gasteiger partial charge in [-0.1, -0.05) is 32.0 Å². The molecule has 0 aliphatic carbocycles. The van der Waals surface area contributed by atoms with E-state index in [1.807, 2.05) is 50.4 Å². The van der Waals surface area contributed by atoms with Crippen LogP contribution in [0.1, 0.15) is 19.4 Å². The Kier molecular flexibility index (Phi) is 4.74. The van der Waals surface area contributed by atoms with Gasteiger partial charge in [0.25, 0.3) is 5.91 Å². The first kappa shape index (κ1) is 17.0. The van der Waals surface area contributed by atoms with Crippen LogP contribution in [0.2, 0.25) is 0 Å². The van der Waals surface area contributed by atoms with Crippen molar-refractivity contribution in [3.8, 4) is 5.75 Å². The lowest BCUT2D eigenvalue weighted by atomic mass is 9.84. The van der Waals surface area contributed by atoms with E-state index in [1.54, 1.807) is 6.07 Å². The van der Waals surface area contributed by atoms with E-state index in [4.69, 9.17) is 4.74 Å². The Morgan fingerprint density at radius 1 is 1.20 bits per heavy atom. The molecular formula is C20H21FN2O2. The SMILES string of the molecule is CC(C)(CNC(=O)COc1ccccc1)c1c[nH]c2cc(F)ccc12. The van der Waals surface area contributed by atoms with Crippen molar-refractivity contribution in [2.75, 3.05) is 13.2 Å². The molecule has 3 rings (SSSR count). The molecule has 2 aromatic carbocycles. The zero-order valence-electron chi connectivity index (χ0n) is 14.3. The van der Waals surface area contributed by atoms with Crippen LogP contribution in [0.25, 0.3) is 10.9 Å². The summed E-state index contributed by atoms with van der Waals surface area (Å²) in [6.07, 6.45) is 1.87. The molecule has 0 aliphatic rings. The first-order valence-corrected chi connectivity index (χ1v) is 8.17. The fourth-order valence-corrected chi connectivity index (χ4v) is 2.79. The third kappa shape index (κ3) is 3.99. The standard InChI is InChI=1S/C20H21FN2O2/c1-20(2,17-11-22-18-10-14(21)8-9-16(17)18)13-23-19(24)12-25-15-6-4-3-5-7-15/h3-11,22H,12-13H2,1-2H3,(H,23,24). The molecule has 25 heavy (non-hydrogen) atoms. The first-order chi connectivity index (χ1) is 12.0. The Bertz CT molecular complexity index is 872. The summed E-state index contributed by atoms with van der Waals surface area (Å²) in [5.74, 6) is 0.212. The third-order valence-corrected chi connectivity index (χ3v) is 4.21. The first-order valence-electron chi connectivity index (χ1n) is 8.17. The van der Waals surface area contributed by atoms with Crippen LogP contribution in [0.4, 0.5) is 4.39 Å². The average Bonchev–Trinajstić information content (AvgIpc) is 3.03. The smallest absolute Gasteiger partial charge is 0.257 e. The topological polar surface area (TPSA) is 54.1 Å². The van der Waals surface area contributed by atoms with Gasteiger partial charge in [0.2, 0.25) is 0 Å². The van der Waals surface area contributed by atoms with Gasteiger partial charge in [0.15, 0.2) is 6.61 Å². The van der Waals surface area contributed by atoms with Crippen molar-refractivity contribution < 1.29 is 13.9 Å². The van der Waals surface area contributed by atoms with Crippen molar-refractivity contribution in [3.63, 3.8) is 0 Å². The van der Waals surface area contributed by atoms with Crippen molar-refractivity contribution in [1.29, 1.82) is 0 Å². The van der Waals surface area contributed by atoms with Gasteiger partial charge >= 0.3 is 0 Å². The van der Waals surface area contributed by atoms with Crippen molar-refractivity contribution in [1.82, 2.24) is 10.3 Å². The quantitative estimate of drug-likeness (QED) is 0.717. The molecule has 0 fully saturated rings. The monoisotopic (exact) mass is 340 g/mol. The molecule has 5 heteroatoms. The number of carbonyl (C=O) groups excluding carboxylic acids is 1. The van der Waals surface area contributed by atoms with Crippen LogP contribution in [0.15, 0.2) is 54.7 Å². The van der Waals surface area contributed by atoms with Gasteiger partial charge in [-0.25, -0.2) is 4.39 Å². The van der Waals surface area contributed by atoms with E-state index in [0.29, 0.717) is 12.3 Å². The highest BCUT2D eigenvalue weighted by molar-refractivity contribution is 5.84. The summed E-state index contributed by atoms with van der Waals surface area (Å²) in [5, 5.41) is 3.87. The largest absolute Gasteiger partial charge is 0.484 e. The highest BCUT2D eigenvalue weighted by atomic mass is 19.1. The summed E-state index contributed by atoms with van der Waals surface area (Å²) in [6.45, 7) is 4.50. The number of amides is 1. The van der Waals surface area contributed by atoms with E-state index in [2.05, 4.69) is 10.3 Å². The molecule has 2 N–H and O–H groups in total. The molecule has 0 radical (unpaired) electrons. The number of fused-ring (bicyclic) bond motifs is 1. The van der Waals surface area contributed by atoms with Crippen molar-refractivity contribution in [3.05, 3.63) is 66.1 Å². The number of hydrogen-bond acceptors (Lipinski definition) is 2. The highest BCUT2D eigenvalue weighted by Crippen LogP contribution is 2.30. The van der Waals surface area contributed by atoms with Crippen LogP contribution < -0.4 is 10.1 Å². The number of ether oxygens (including phenoxy) is 1. The maximum atomic E-state index is 13.3. The van der Waals surface area contributed by atoms with Gasteiger partial charge in [-0.3, -0.25) is 4.79 Å². The minimum atomic E-state index is -0.307. The normalized spacial score (nSPS) is 11.5. The molecule has 0 atom stereocenters. The highest BCUT2D eigenvalue weighted by Gasteiger charge is 2.25. The summed E-state index contributed by atoms with van der Waals surface area (Å²) in [4.78, 5) is 15.1. The van der Waals surface area contributed by atoms with E-state index in [-0.39, 0.29) is 23.7 Å². The van der Waals surface area contributed by atoms with Crippen LogP contribution in [0.3, 0.4) is 0 Å². The molecule has 0 saturated carbocycles. The van der Waals surface area contributed by atoms with Crippen LogP contribution >= 0.6 is 0 Å². The molecular weight excluding hydrogens is 319 g/mol. The van der Waals surface area contributed by atoms with Crippen LogP contribution in [-0.4, -0.2) is 24.0 Å². The second kappa shape index (κ2) is 6.97. The predicted octanol–water partition coefficient (Wildman–Crippen LogP) is 3.78. The van der Waals surface area contributed by atoms with Gasteiger partial charge in [0, 0.05) is 29.1 Å². The second-order valence-corrected chi connectivity index (χ2v) is 6.65. The number of nitrogens with one attached hydrogen (secondary N) is 2. The molecule has 0 unspecified atom stereocenters. The molecule has 4 nitrogen and oxygen atoms in total. The second-order valence-electron chi connectivity index (χ2n) is 6.65. The van der Waals surface area contributed by atoms with Gasteiger partial charge in [-0.2, -0.15) is 0 Å². The maximum Gasteiger partial charge on any atom is 0.257 e. The van der Waals surface area contributed by atoms with Crippen molar-refractivity contribution in [2.24, 2.45) is 0 Å². The number of halogens is 1. The van der Waals surface area contributed by atoms with E-state index >= 15 is 0 Å². The molecule has 1 heterocycles. The Labute approximate surface area is 146 Å². The molecule has 0 aliphatic heterocycles. The van der Waals surface area contributed by atoms with Gasteiger partial charge in [-0.15, -0.1) is 0 Å². The predicted molar refractivity (Wildman–Crippen MR) is 96.2 cm³/mol. The molecule has 0 spiro atoms. The number of benzene rings is 2. The average molecular weight is 340 g/mol. The minimum Gasteiger partial charge on any atom is -0.484 e. The Balaban J connectivity index is 1.61. The number of hydrogen-bond donors (Lipinski definition) is 2. The zero-order chi connectivity index (χ0) is 17.9. The summed E-state index contributed by atoms with van der Waals surface area (Å²) >= 11 is 0. The van der Waals surface area contributed by atoms with E-state index in [0.717, 1.165) is 16.5 Å². The molecule has 0 saturated heterocycles. The summed E-state index contributed by atoms with van der Waals surface area (Å²) < 4.78 is 18.8.